The molecule has 1 aliphatic rings. The quantitative estimate of drug-likeness (QED) is 0.859. The summed E-state index contributed by atoms with van der Waals surface area (Å²) < 4.78 is 0. The predicted octanol–water partition coefficient (Wildman–Crippen LogP) is 1.67. The van der Waals surface area contributed by atoms with Crippen LogP contribution in [0.1, 0.15) is 25.8 Å². The number of amides is 1. The standard InChI is InChI=1S/C16H24N2O2/c1-3-8-17(9-10-19)12-16(20)18-13(2)11-14-6-4-5-7-15(14)18/h4-7,13,19H,3,8-12H2,1-2H3. The van der Waals surface area contributed by atoms with Gasteiger partial charge in [0.1, 0.15) is 0 Å². The molecule has 4 heteroatoms. The number of aliphatic hydroxyl groups excluding tert-OH is 1. The lowest BCUT2D eigenvalue weighted by atomic mass is 10.1. The maximum Gasteiger partial charge on any atom is 0.241 e. The zero-order valence-electron chi connectivity index (χ0n) is 12.4. The first-order valence-corrected chi connectivity index (χ1v) is 7.40. The van der Waals surface area contributed by atoms with Crippen LogP contribution in [-0.4, -0.2) is 48.2 Å². The molecule has 0 bridgehead atoms. The zero-order valence-corrected chi connectivity index (χ0v) is 12.4. The van der Waals surface area contributed by atoms with Crippen molar-refractivity contribution in [2.75, 3.05) is 31.1 Å². The average Bonchev–Trinajstić information content (AvgIpc) is 2.75. The van der Waals surface area contributed by atoms with E-state index in [0.717, 1.165) is 25.1 Å². The highest BCUT2D eigenvalue weighted by Gasteiger charge is 2.30. The number of hydrogen-bond acceptors (Lipinski definition) is 3. The highest BCUT2D eigenvalue weighted by molar-refractivity contribution is 5.97. The van der Waals surface area contributed by atoms with Gasteiger partial charge in [-0.05, 0) is 37.9 Å². The monoisotopic (exact) mass is 276 g/mol. The Labute approximate surface area is 121 Å². The number of carbonyl (C=O) groups is 1. The van der Waals surface area contributed by atoms with Gasteiger partial charge in [-0.1, -0.05) is 25.1 Å². The van der Waals surface area contributed by atoms with Gasteiger partial charge in [-0.25, -0.2) is 0 Å². The summed E-state index contributed by atoms with van der Waals surface area (Å²) >= 11 is 0. The van der Waals surface area contributed by atoms with E-state index >= 15 is 0 Å². The number of carbonyl (C=O) groups excluding carboxylic acids is 1. The van der Waals surface area contributed by atoms with Gasteiger partial charge in [0, 0.05) is 18.3 Å². The summed E-state index contributed by atoms with van der Waals surface area (Å²) in [5.74, 6) is 0.129. The number of para-hydroxylation sites is 1. The van der Waals surface area contributed by atoms with E-state index in [4.69, 9.17) is 5.11 Å². The van der Waals surface area contributed by atoms with Crippen LogP contribution < -0.4 is 4.90 Å². The maximum atomic E-state index is 12.6. The molecule has 1 heterocycles. The minimum absolute atomic E-state index is 0.0966. The van der Waals surface area contributed by atoms with Crippen LogP contribution in [0.15, 0.2) is 24.3 Å². The van der Waals surface area contributed by atoms with Gasteiger partial charge >= 0.3 is 0 Å². The molecule has 1 unspecified atom stereocenters. The Bertz CT molecular complexity index is 456. The van der Waals surface area contributed by atoms with E-state index in [1.807, 2.05) is 28.0 Å². The molecule has 1 amide bonds. The Kier molecular flexibility index (Phi) is 5.15. The van der Waals surface area contributed by atoms with Crippen molar-refractivity contribution in [1.82, 2.24) is 4.90 Å². The third kappa shape index (κ3) is 3.19. The first-order chi connectivity index (χ1) is 9.67. The molecule has 1 aromatic carbocycles. The lowest BCUT2D eigenvalue weighted by molar-refractivity contribution is -0.120. The molecule has 0 saturated carbocycles. The summed E-state index contributed by atoms with van der Waals surface area (Å²) in [6.45, 7) is 6.06. The predicted molar refractivity (Wildman–Crippen MR) is 80.9 cm³/mol. The van der Waals surface area contributed by atoms with Crippen molar-refractivity contribution in [2.24, 2.45) is 0 Å². The summed E-state index contributed by atoms with van der Waals surface area (Å²) in [4.78, 5) is 16.5. The first kappa shape index (κ1) is 15.0. The third-order valence-corrected chi connectivity index (χ3v) is 3.79. The Hall–Kier alpha value is -1.39. The maximum absolute atomic E-state index is 12.6. The molecule has 0 aromatic heterocycles. The molecular weight excluding hydrogens is 252 g/mol. The summed E-state index contributed by atoms with van der Waals surface area (Å²) in [6, 6.07) is 8.34. The summed E-state index contributed by atoms with van der Waals surface area (Å²) in [5.41, 5.74) is 2.29. The van der Waals surface area contributed by atoms with E-state index in [1.165, 1.54) is 5.56 Å². The van der Waals surface area contributed by atoms with Crippen LogP contribution in [0.2, 0.25) is 0 Å². The number of nitrogens with zero attached hydrogens (tertiary/aromatic N) is 2. The summed E-state index contributed by atoms with van der Waals surface area (Å²) in [5, 5.41) is 9.08. The Morgan fingerprint density at radius 2 is 2.15 bits per heavy atom. The molecule has 0 aliphatic carbocycles. The molecule has 4 nitrogen and oxygen atoms in total. The Morgan fingerprint density at radius 3 is 2.85 bits per heavy atom. The number of benzene rings is 1. The fourth-order valence-electron chi connectivity index (χ4n) is 2.94. The van der Waals surface area contributed by atoms with Crippen LogP contribution in [0.3, 0.4) is 0 Å². The third-order valence-electron chi connectivity index (χ3n) is 3.79. The second-order valence-electron chi connectivity index (χ2n) is 5.45. The van der Waals surface area contributed by atoms with Crippen LogP contribution in [0.5, 0.6) is 0 Å². The highest BCUT2D eigenvalue weighted by atomic mass is 16.3. The van der Waals surface area contributed by atoms with Gasteiger partial charge in [0.15, 0.2) is 0 Å². The second-order valence-corrected chi connectivity index (χ2v) is 5.45. The van der Waals surface area contributed by atoms with Crippen molar-refractivity contribution in [3.05, 3.63) is 29.8 Å². The smallest absolute Gasteiger partial charge is 0.241 e. The Morgan fingerprint density at radius 1 is 1.40 bits per heavy atom. The lowest BCUT2D eigenvalue weighted by Gasteiger charge is -2.27. The largest absolute Gasteiger partial charge is 0.395 e. The van der Waals surface area contributed by atoms with E-state index in [0.29, 0.717) is 13.1 Å². The second kappa shape index (κ2) is 6.86. The number of hydrogen-bond donors (Lipinski definition) is 1. The molecule has 1 aliphatic heterocycles. The molecule has 20 heavy (non-hydrogen) atoms. The average molecular weight is 276 g/mol. The van der Waals surface area contributed by atoms with Gasteiger partial charge in [-0.2, -0.15) is 0 Å². The molecule has 1 aromatic rings. The number of anilines is 1. The Balaban J connectivity index is 2.08. The van der Waals surface area contributed by atoms with E-state index in [1.54, 1.807) is 0 Å². The van der Waals surface area contributed by atoms with Gasteiger partial charge in [0.05, 0.1) is 13.2 Å². The van der Waals surface area contributed by atoms with Crippen molar-refractivity contribution >= 4 is 11.6 Å². The van der Waals surface area contributed by atoms with E-state index < -0.39 is 0 Å². The molecule has 1 N–H and O–H groups in total. The van der Waals surface area contributed by atoms with Crippen LogP contribution in [0.25, 0.3) is 0 Å². The minimum atomic E-state index is 0.0966. The zero-order chi connectivity index (χ0) is 14.5. The highest BCUT2D eigenvalue weighted by Crippen LogP contribution is 2.31. The van der Waals surface area contributed by atoms with Crippen LogP contribution in [0.4, 0.5) is 5.69 Å². The fraction of sp³-hybridized carbons (Fsp3) is 0.562. The minimum Gasteiger partial charge on any atom is -0.395 e. The van der Waals surface area contributed by atoms with Gasteiger partial charge in [0.2, 0.25) is 5.91 Å². The van der Waals surface area contributed by atoms with Crippen molar-refractivity contribution < 1.29 is 9.90 Å². The van der Waals surface area contributed by atoms with E-state index in [2.05, 4.69) is 19.9 Å². The summed E-state index contributed by atoms with van der Waals surface area (Å²) in [6.07, 6.45) is 1.91. The first-order valence-electron chi connectivity index (χ1n) is 7.40. The number of rotatable bonds is 6. The van der Waals surface area contributed by atoms with Crippen molar-refractivity contribution in [2.45, 2.75) is 32.7 Å². The molecule has 0 fully saturated rings. The van der Waals surface area contributed by atoms with Crippen LogP contribution >= 0.6 is 0 Å². The van der Waals surface area contributed by atoms with E-state index in [9.17, 15) is 4.79 Å². The fourth-order valence-corrected chi connectivity index (χ4v) is 2.94. The van der Waals surface area contributed by atoms with Crippen molar-refractivity contribution in [1.29, 1.82) is 0 Å². The normalized spacial score (nSPS) is 17.6. The van der Waals surface area contributed by atoms with Gasteiger partial charge in [-0.15, -0.1) is 0 Å². The molecule has 2 rings (SSSR count). The summed E-state index contributed by atoms with van der Waals surface area (Å²) in [7, 11) is 0. The molecule has 0 saturated heterocycles. The van der Waals surface area contributed by atoms with Crippen molar-refractivity contribution in [3.8, 4) is 0 Å². The van der Waals surface area contributed by atoms with Crippen LogP contribution in [-0.2, 0) is 11.2 Å². The molecule has 1 atom stereocenters. The molecule has 0 radical (unpaired) electrons. The van der Waals surface area contributed by atoms with Crippen molar-refractivity contribution in [3.63, 3.8) is 0 Å². The van der Waals surface area contributed by atoms with E-state index in [-0.39, 0.29) is 18.6 Å². The SMILES string of the molecule is CCCN(CCO)CC(=O)N1c2ccccc2CC1C. The molecule has 0 spiro atoms. The molecule has 110 valence electrons. The van der Waals surface area contributed by atoms with Gasteiger partial charge < -0.3 is 10.0 Å². The lowest BCUT2D eigenvalue weighted by Crippen LogP contribution is -2.44. The van der Waals surface area contributed by atoms with Crippen LogP contribution in [0, 0.1) is 0 Å². The molecular formula is C16H24N2O2. The van der Waals surface area contributed by atoms with Gasteiger partial charge in [-0.3, -0.25) is 9.69 Å². The van der Waals surface area contributed by atoms with Gasteiger partial charge in [0.25, 0.3) is 0 Å². The number of fused-ring (bicyclic) bond motifs is 1. The topological polar surface area (TPSA) is 43.8 Å². The number of aliphatic hydroxyl groups is 1.